The second-order valence-electron chi connectivity index (χ2n) is 6.69. The van der Waals surface area contributed by atoms with Gasteiger partial charge in [0, 0.05) is 37.6 Å². The highest BCUT2D eigenvalue weighted by Crippen LogP contribution is 2.25. The third kappa shape index (κ3) is 4.17. The van der Waals surface area contributed by atoms with Crippen molar-refractivity contribution < 1.29 is 9.59 Å². The minimum Gasteiger partial charge on any atom is -0.399 e. The number of aryl methyl sites for hydroxylation is 1. The van der Waals surface area contributed by atoms with Gasteiger partial charge in [-0.2, -0.15) is 0 Å². The zero-order valence-corrected chi connectivity index (χ0v) is 16.2. The quantitative estimate of drug-likeness (QED) is 0.614. The predicted molar refractivity (Wildman–Crippen MR) is 109 cm³/mol. The molecule has 1 saturated heterocycles. The van der Waals surface area contributed by atoms with Crippen molar-refractivity contribution in [3.05, 3.63) is 52.5 Å². The standard InChI is InChI=1S/C20H23ClN4O2/c1-13-4-3-5-18(14(13)2)24-8-10-25(11-9-24)20(27)19(26)23-17-7-6-15(22)12-16(17)21/h3-7,12H,8-11,22H2,1-2H3,(H,23,26). The Labute approximate surface area is 163 Å². The maximum Gasteiger partial charge on any atom is 0.313 e. The molecule has 0 aromatic heterocycles. The summed E-state index contributed by atoms with van der Waals surface area (Å²) >= 11 is 6.05. The van der Waals surface area contributed by atoms with Crippen molar-refractivity contribution in [3.8, 4) is 0 Å². The van der Waals surface area contributed by atoms with Gasteiger partial charge in [-0.1, -0.05) is 23.7 Å². The second kappa shape index (κ2) is 7.88. The first-order chi connectivity index (χ1) is 12.9. The highest BCUT2D eigenvalue weighted by molar-refractivity contribution is 6.41. The fourth-order valence-corrected chi connectivity index (χ4v) is 3.42. The van der Waals surface area contributed by atoms with Gasteiger partial charge in [-0.3, -0.25) is 9.59 Å². The Morgan fingerprint density at radius 3 is 2.44 bits per heavy atom. The molecule has 7 heteroatoms. The minimum absolute atomic E-state index is 0.302. The van der Waals surface area contributed by atoms with Crippen LogP contribution in [0, 0.1) is 13.8 Å². The molecule has 0 radical (unpaired) electrons. The number of piperazine rings is 1. The molecule has 0 atom stereocenters. The molecule has 27 heavy (non-hydrogen) atoms. The van der Waals surface area contributed by atoms with Gasteiger partial charge in [-0.05, 0) is 49.2 Å². The lowest BCUT2D eigenvalue weighted by Crippen LogP contribution is -2.51. The molecule has 1 fully saturated rings. The Morgan fingerprint density at radius 1 is 1.07 bits per heavy atom. The van der Waals surface area contributed by atoms with Crippen LogP contribution in [0.2, 0.25) is 5.02 Å². The van der Waals surface area contributed by atoms with Crippen LogP contribution in [0.25, 0.3) is 0 Å². The zero-order valence-electron chi connectivity index (χ0n) is 15.5. The van der Waals surface area contributed by atoms with Crippen LogP contribution in [-0.4, -0.2) is 42.9 Å². The summed E-state index contributed by atoms with van der Waals surface area (Å²) < 4.78 is 0. The number of amides is 2. The molecule has 2 aromatic rings. The van der Waals surface area contributed by atoms with Gasteiger partial charge in [0.05, 0.1) is 10.7 Å². The molecule has 0 unspecified atom stereocenters. The lowest BCUT2D eigenvalue weighted by molar-refractivity contribution is -0.143. The van der Waals surface area contributed by atoms with Crippen LogP contribution in [0.3, 0.4) is 0 Å². The molecule has 1 heterocycles. The van der Waals surface area contributed by atoms with Crippen molar-refractivity contribution in [3.63, 3.8) is 0 Å². The number of halogens is 1. The summed E-state index contributed by atoms with van der Waals surface area (Å²) in [6, 6.07) is 11.0. The Kier molecular flexibility index (Phi) is 5.56. The summed E-state index contributed by atoms with van der Waals surface area (Å²) in [7, 11) is 0. The number of nitrogen functional groups attached to an aromatic ring is 1. The lowest BCUT2D eigenvalue weighted by atomic mass is 10.1. The van der Waals surface area contributed by atoms with Crippen LogP contribution < -0.4 is 16.0 Å². The van der Waals surface area contributed by atoms with E-state index in [0.717, 1.165) is 0 Å². The number of hydrogen-bond donors (Lipinski definition) is 2. The molecule has 142 valence electrons. The first-order valence-corrected chi connectivity index (χ1v) is 9.21. The summed E-state index contributed by atoms with van der Waals surface area (Å²) in [5.41, 5.74) is 10.2. The number of hydrogen-bond acceptors (Lipinski definition) is 4. The van der Waals surface area contributed by atoms with E-state index in [2.05, 4.69) is 36.2 Å². The number of carbonyl (C=O) groups is 2. The van der Waals surface area contributed by atoms with E-state index in [0.29, 0.717) is 42.6 Å². The van der Waals surface area contributed by atoms with E-state index < -0.39 is 11.8 Å². The molecule has 0 aliphatic carbocycles. The van der Waals surface area contributed by atoms with Crippen molar-refractivity contribution >= 4 is 40.5 Å². The molecule has 3 rings (SSSR count). The highest BCUT2D eigenvalue weighted by atomic mass is 35.5. The minimum atomic E-state index is -0.693. The number of rotatable bonds is 2. The normalized spacial score (nSPS) is 14.2. The topological polar surface area (TPSA) is 78.7 Å². The molecule has 2 aromatic carbocycles. The van der Waals surface area contributed by atoms with E-state index in [1.54, 1.807) is 17.0 Å². The van der Waals surface area contributed by atoms with Crippen molar-refractivity contribution in [1.29, 1.82) is 0 Å². The van der Waals surface area contributed by atoms with E-state index in [4.69, 9.17) is 17.3 Å². The molecule has 1 aliphatic rings. The van der Waals surface area contributed by atoms with Crippen LogP contribution >= 0.6 is 11.6 Å². The summed E-state index contributed by atoms with van der Waals surface area (Å²) in [6.45, 7) is 6.55. The number of benzene rings is 2. The monoisotopic (exact) mass is 386 g/mol. The number of nitrogens with two attached hydrogens (primary N) is 1. The van der Waals surface area contributed by atoms with Crippen molar-refractivity contribution in [2.45, 2.75) is 13.8 Å². The Bertz CT molecular complexity index is 876. The number of anilines is 3. The second-order valence-corrected chi connectivity index (χ2v) is 7.10. The Hall–Kier alpha value is -2.73. The molecular formula is C20H23ClN4O2. The van der Waals surface area contributed by atoms with Crippen LogP contribution in [-0.2, 0) is 9.59 Å². The molecule has 2 amide bonds. The van der Waals surface area contributed by atoms with Crippen LogP contribution in [0.15, 0.2) is 36.4 Å². The van der Waals surface area contributed by atoms with Crippen molar-refractivity contribution in [2.24, 2.45) is 0 Å². The molecule has 6 nitrogen and oxygen atoms in total. The van der Waals surface area contributed by atoms with Crippen LogP contribution in [0.1, 0.15) is 11.1 Å². The van der Waals surface area contributed by atoms with Gasteiger partial charge in [0.2, 0.25) is 0 Å². The molecule has 1 aliphatic heterocycles. The van der Waals surface area contributed by atoms with Gasteiger partial charge >= 0.3 is 11.8 Å². The van der Waals surface area contributed by atoms with E-state index >= 15 is 0 Å². The van der Waals surface area contributed by atoms with Gasteiger partial charge < -0.3 is 20.9 Å². The van der Waals surface area contributed by atoms with Gasteiger partial charge in [0.25, 0.3) is 0 Å². The average molecular weight is 387 g/mol. The summed E-state index contributed by atoms with van der Waals surface area (Å²) in [5, 5.41) is 2.86. The van der Waals surface area contributed by atoms with Crippen LogP contribution in [0.4, 0.5) is 17.1 Å². The number of nitrogens with one attached hydrogen (secondary N) is 1. The zero-order chi connectivity index (χ0) is 19.6. The SMILES string of the molecule is Cc1cccc(N2CCN(C(=O)C(=O)Nc3ccc(N)cc3Cl)CC2)c1C. The third-order valence-electron chi connectivity index (χ3n) is 4.92. The van der Waals surface area contributed by atoms with E-state index in [9.17, 15) is 9.59 Å². The van der Waals surface area contributed by atoms with Crippen molar-refractivity contribution in [2.75, 3.05) is 42.1 Å². The van der Waals surface area contributed by atoms with Gasteiger partial charge in [-0.25, -0.2) is 0 Å². The maximum absolute atomic E-state index is 12.5. The third-order valence-corrected chi connectivity index (χ3v) is 5.23. The molecule has 0 spiro atoms. The summed E-state index contributed by atoms with van der Waals surface area (Å²) in [4.78, 5) is 28.6. The molecule has 0 bridgehead atoms. The number of nitrogens with zero attached hydrogens (tertiary/aromatic N) is 2. The number of carbonyl (C=O) groups excluding carboxylic acids is 2. The first-order valence-electron chi connectivity index (χ1n) is 8.83. The van der Waals surface area contributed by atoms with E-state index in [-0.39, 0.29) is 0 Å². The van der Waals surface area contributed by atoms with E-state index in [1.165, 1.54) is 22.9 Å². The Morgan fingerprint density at radius 2 is 1.78 bits per heavy atom. The average Bonchev–Trinajstić information content (AvgIpc) is 2.66. The largest absolute Gasteiger partial charge is 0.399 e. The fraction of sp³-hybridized carbons (Fsp3) is 0.300. The lowest BCUT2D eigenvalue weighted by Gasteiger charge is -2.36. The fourth-order valence-electron chi connectivity index (χ4n) is 3.18. The van der Waals surface area contributed by atoms with Crippen molar-refractivity contribution in [1.82, 2.24) is 4.90 Å². The summed E-state index contributed by atoms with van der Waals surface area (Å²) in [5.74, 6) is -1.25. The van der Waals surface area contributed by atoms with E-state index in [1.807, 2.05) is 6.07 Å². The van der Waals surface area contributed by atoms with Crippen LogP contribution in [0.5, 0.6) is 0 Å². The van der Waals surface area contributed by atoms with Gasteiger partial charge in [0.15, 0.2) is 0 Å². The Balaban J connectivity index is 1.61. The molecule has 0 saturated carbocycles. The van der Waals surface area contributed by atoms with Gasteiger partial charge in [-0.15, -0.1) is 0 Å². The summed E-state index contributed by atoms with van der Waals surface area (Å²) in [6.07, 6.45) is 0. The highest BCUT2D eigenvalue weighted by Gasteiger charge is 2.27. The molecule has 3 N–H and O–H groups in total. The predicted octanol–water partition coefficient (Wildman–Crippen LogP) is 2.83. The first kappa shape index (κ1) is 19.0. The molecular weight excluding hydrogens is 364 g/mol. The smallest absolute Gasteiger partial charge is 0.313 e. The van der Waals surface area contributed by atoms with Gasteiger partial charge in [0.1, 0.15) is 0 Å². The maximum atomic E-state index is 12.5.